The fourth-order valence-corrected chi connectivity index (χ4v) is 4.45. The van der Waals surface area contributed by atoms with Crippen molar-refractivity contribution in [1.82, 2.24) is 9.62 Å². The van der Waals surface area contributed by atoms with E-state index >= 15 is 0 Å². The first kappa shape index (κ1) is 21.4. The minimum absolute atomic E-state index is 0.0741. The van der Waals surface area contributed by atoms with Crippen molar-refractivity contribution in [3.05, 3.63) is 29.3 Å². The number of piperidine rings is 1. The molecule has 1 fully saturated rings. The summed E-state index contributed by atoms with van der Waals surface area (Å²) in [5, 5.41) is 2.66. The normalized spacial score (nSPS) is 16.6. The number of ether oxygens (including phenoxy) is 1. The molecule has 8 heteroatoms. The Balaban J connectivity index is 2.19. The number of sulfonamides is 1. The van der Waals surface area contributed by atoms with Crippen LogP contribution in [0.3, 0.4) is 0 Å². The van der Waals surface area contributed by atoms with Crippen LogP contribution in [0.15, 0.2) is 23.1 Å². The molecule has 0 aromatic heterocycles. The van der Waals surface area contributed by atoms with Crippen molar-refractivity contribution in [3.8, 4) is 0 Å². The summed E-state index contributed by atoms with van der Waals surface area (Å²) in [7, 11) is -3.65. The molecule has 150 valence electrons. The third kappa shape index (κ3) is 5.29. The van der Waals surface area contributed by atoms with Crippen LogP contribution in [0, 0.1) is 6.92 Å². The van der Waals surface area contributed by atoms with Crippen LogP contribution in [0.1, 0.15) is 55.5 Å². The lowest BCUT2D eigenvalue weighted by Gasteiger charge is -2.26. The molecule has 1 N–H and O–H groups in total. The molecule has 0 aliphatic carbocycles. The lowest BCUT2D eigenvalue weighted by molar-refractivity contribution is -0.129. The Morgan fingerprint density at radius 1 is 1.22 bits per heavy atom. The van der Waals surface area contributed by atoms with Crippen LogP contribution in [0.25, 0.3) is 0 Å². The molecule has 1 amide bonds. The summed E-state index contributed by atoms with van der Waals surface area (Å²) in [5.74, 6) is -1.08. The van der Waals surface area contributed by atoms with Gasteiger partial charge in [-0.1, -0.05) is 19.4 Å². The number of aryl methyl sites for hydroxylation is 1. The number of nitrogens with one attached hydrogen (secondary N) is 1. The molecule has 1 aromatic rings. The molecule has 27 heavy (non-hydrogen) atoms. The lowest BCUT2D eigenvalue weighted by Crippen LogP contribution is -2.36. The number of hydrogen-bond acceptors (Lipinski definition) is 5. The Morgan fingerprint density at radius 3 is 2.52 bits per heavy atom. The maximum absolute atomic E-state index is 12.8. The predicted molar refractivity (Wildman–Crippen MR) is 102 cm³/mol. The highest BCUT2D eigenvalue weighted by Crippen LogP contribution is 2.23. The standard InChI is InChI=1S/C19H28N2O5S/c1-4-10-20-18(22)15(3)26-19(23)17-13-16(9-8-14(17)2)27(24,25)21-11-6-5-7-12-21/h8-9,13,15H,4-7,10-12H2,1-3H3,(H,20,22). The molecule has 0 radical (unpaired) electrons. The molecule has 1 unspecified atom stereocenters. The first-order chi connectivity index (χ1) is 12.8. The van der Waals surface area contributed by atoms with Crippen molar-refractivity contribution < 1.29 is 22.7 Å². The average Bonchev–Trinajstić information content (AvgIpc) is 2.66. The van der Waals surface area contributed by atoms with Crippen molar-refractivity contribution in [3.63, 3.8) is 0 Å². The molecule has 7 nitrogen and oxygen atoms in total. The minimum Gasteiger partial charge on any atom is -0.449 e. The van der Waals surface area contributed by atoms with E-state index < -0.39 is 22.1 Å². The third-order valence-electron chi connectivity index (χ3n) is 4.58. The van der Waals surface area contributed by atoms with Crippen molar-refractivity contribution in [1.29, 1.82) is 0 Å². The number of hydrogen-bond donors (Lipinski definition) is 1. The summed E-state index contributed by atoms with van der Waals surface area (Å²) >= 11 is 0. The van der Waals surface area contributed by atoms with E-state index in [1.54, 1.807) is 13.0 Å². The number of nitrogens with zero attached hydrogens (tertiary/aromatic N) is 1. The van der Waals surface area contributed by atoms with Crippen molar-refractivity contribution in [2.24, 2.45) is 0 Å². The molecule has 1 atom stereocenters. The second-order valence-corrected chi connectivity index (χ2v) is 8.72. The highest BCUT2D eigenvalue weighted by molar-refractivity contribution is 7.89. The van der Waals surface area contributed by atoms with Gasteiger partial charge in [0.15, 0.2) is 6.10 Å². The Hall–Kier alpha value is -1.93. The van der Waals surface area contributed by atoms with Crippen LogP contribution in [0.2, 0.25) is 0 Å². The van der Waals surface area contributed by atoms with E-state index in [9.17, 15) is 18.0 Å². The van der Waals surface area contributed by atoms with Gasteiger partial charge in [0.1, 0.15) is 0 Å². The van der Waals surface area contributed by atoms with Gasteiger partial charge >= 0.3 is 5.97 Å². The summed E-state index contributed by atoms with van der Waals surface area (Å²) in [6.07, 6.45) is 2.53. The van der Waals surface area contributed by atoms with Crippen LogP contribution in [0.4, 0.5) is 0 Å². The molecule has 1 saturated heterocycles. The highest BCUT2D eigenvalue weighted by Gasteiger charge is 2.28. The van der Waals surface area contributed by atoms with Crippen LogP contribution in [-0.2, 0) is 19.6 Å². The largest absolute Gasteiger partial charge is 0.449 e. The van der Waals surface area contributed by atoms with E-state index in [4.69, 9.17) is 4.74 Å². The third-order valence-corrected chi connectivity index (χ3v) is 6.48. The van der Waals surface area contributed by atoms with Gasteiger partial charge in [-0.15, -0.1) is 0 Å². The molecule has 1 aliphatic rings. The first-order valence-electron chi connectivity index (χ1n) is 9.37. The SMILES string of the molecule is CCCNC(=O)C(C)OC(=O)c1cc(S(=O)(=O)N2CCCCC2)ccc1C. The van der Waals surface area contributed by atoms with Gasteiger partial charge in [0.05, 0.1) is 10.5 Å². The zero-order chi connectivity index (χ0) is 20.0. The second-order valence-electron chi connectivity index (χ2n) is 6.78. The fraction of sp³-hybridized carbons (Fsp3) is 0.579. The van der Waals surface area contributed by atoms with E-state index in [0.717, 1.165) is 25.7 Å². The minimum atomic E-state index is -3.65. The van der Waals surface area contributed by atoms with Crippen LogP contribution in [0.5, 0.6) is 0 Å². The van der Waals surface area contributed by atoms with Gasteiger partial charge in [0, 0.05) is 19.6 Å². The number of rotatable bonds is 7. The van der Waals surface area contributed by atoms with E-state index in [2.05, 4.69) is 5.32 Å². The van der Waals surface area contributed by atoms with Crippen LogP contribution in [-0.4, -0.2) is 50.3 Å². The van der Waals surface area contributed by atoms with Gasteiger partial charge in [0.25, 0.3) is 5.91 Å². The lowest BCUT2D eigenvalue weighted by atomic mass is 10.1. The van der Waals surface area contributed by atoms with Gasteiger partial charge in [-0.3, -0.25) is 4.79 Å². The Morgan fingerprint density at radius 2 is 1.89 bits per heavy atom. The van der Waals surface area contributed by atoms with Gasteiger partial charge in [0.2, 0.25) is 10.0 Å². The van der Waals surface area contributed by atoms with E-state index in [0.29, 0.717) is 25.2 Å². The van der Waals surface area contributed by atoms with Crippen LogP contribution >= 0.6 is 0 Å². The second kappa shape index (κ2) is 9.32. The van der Waals surface area contributed by atoms with Gasteiger partial charge in [-0.25, -0.2) is 13.2 Å². The molecule has 1 aromatic carbocycles. The topological polar surface area (TPSA) is 92.8 Å². The molecule has 1 aliphatic heterocycles. The molecular formula is C19H28N2O5S. The molecule has 0 spiro atoms. The van der Waals surface area contributed by atoms with Gasteiger partial charge < -0.3 is 10.1 Å². The van der Waals surface area contributed by atoms with Crippen LogP contribution < -0.4 is 5.32 Å². The summed E-state index contributed by atoms with van der Waals surface area (Å²) in [5.41, 5.74) is 0.752. The van der Waals surface area contributed by atoms with E-state index in [-0.39, 0.29) is 16.4 Å². The average molecular weight is 397 g/mol. The van der Waals surface area contributed by atoms with E-state index in [1.165, 1.54) is 23.4 Å². The molecule has 2 rings (SSSR count). The monoisotopic (exact) mass is 396 g/mol. The number of amides is 1. The summed E-state index contributed by atoms with van der Waals surface area (Å²) in [4.78, 5) is 24.5. The molecule has 0 bridgehead atoms. The highest BCUT2D eigenvalue weighted by atomic mass is 32.2. The summed E-state index contributed by atoms with van der Waals surface area (Å²) in [6, 6.07) is 4.45. The van der Waals surface area contributed by atoms with Crippen molar-refractivity contribution in [2.45, 2.75) is 57.5 Å². The smallest absolute Gasteiger partial charge is 0.339 e. The maximum Gasteiger partial charge on any atom is 0.339 e. The number of esters is 1. The zero-order valence-corrected chi connectivity index (χ0v) is 17.0. The summed E-state index contributed by atoms with van der Waals surface area (Å²) in [6.45, 7) is 6.61. The van der Waals surface area contributed by atoms with Gasteiger partial charge in [-0.05, 0) is 50.8 Å². The number of carbonyl (C=O) groups excluding carboxylic acids is 2. The zero-order valence-electron chi connectivity index (χ0n) is 16.2. The first-order valence-corrected chi connectivity index (χ1v) is 10.8. The molecule has 0 saturated carbocycles. The van der Waals surface area contributed by atoms with Crippen molar-refractivity contribution >= 4 is 21.9 Å². The van der Waals surface area contributed by atoms with Gasteiger partial charge in [-0.2, -0.15) is 4.31 Å². The summed E-state index contributed by atoms with van der Waals surface area (Å²) < 4.78 is 32.3. The van der Waals surface area contributed by atoms with E-state index in [1.807, 2.05) is 6.92 Å². The predicted octanol–water partition coefficient (Wildman–Crippen LogP) is 2.24. The van der Waals surface area contributed by atoms with Crippen molar-refractivity contribution in [2.75, 3.05) is 19.6 Å². The Kier molecular flexibility index (Phi) is 7.38. The molecular weight excluding hydrogens is 368 g/mol. The quantitative estimate of drug-likeness (QED) is 0.714. The Bertz CT molecular complexity index is 785. The maximum atomic E-state index is 12.8. The number of benzene rings is 1. The molecule has 1 heterocycles. The Labute approximate surface area is 161 Å². The number of carbonyl (C=O) groups is 2. The fourth-order valence-electron chi connectivity index (χ4n) is 2.91.